The number of nitrogens with two attached hydrogens (primary N) is 1. The Morgan fingerprint density at radius 2 is 1.94 bits per heavy atom. The van der Waals surface area contributed by atoms with Gasteiger partial charge in [0.15, 0.2) is 0 Å². The van der Waals surface area contributed by atoms with Crippen LogP contribution in [0.2, 0.25) is 0 Å². The van der Waals surface area contributed by atoms with Gasteiger partial charge in [-0.3, -0.25) is 0 Å². The van der Waals surface area contributed by atoms with Crippen molar-refractivity contribution in [3.8, 4) is 5.75 Å². The molecule has 0 aliphatic carbocycles. The van der Waals surface area contributed by atoms with E-state index < -0.39 is 0 Å². The van der Waals surface area contributed by atoms with E-state index in [0.29, 0.717) is 11.7 Å². The van der Waals surface area contributed by atoms with E-state index in [-0.39, 0.29) is 17.3 Å². The van der Waals surface area contributed by atoms with Gasteiger partial charge in [0.05, 0.1) is 7.11 Å². The molecular weight excluding hydrogens is 229 g/mol. The fourth-order valence-electron chi connectivity index (χ4n) is 1.86. The molecular formula is C15H24FNO. The third-order valence-corrected chi connectivity index (χ3v) is 3.68. The van der Waals surface area contributed by atoms with E-state index in [4.69, 9.17) is 10.5 Å². The molecule has 0 bridgehead atoms. The van der Waals surface area contributed by atoms with Crippen LogP contribution in [0.5, 0.6) is 5.75 Å². The largest absolute Gasteiger partial charge is 0.496 e. The lowest BCUT2D eigenvalue weighted by Crippen LogP contribution is -2.23. The normalized spacial score (nSPS) is 15.3. The highest BCUT2D eigenvalue weighted by Gasteiger charge is 2.24. The molecule has 0 saturated carbocycles. The maximum atomic E-state index is 13.3. The Morgan fingerprint density at radius 1 is 1.33 bits per heavy atom. The minimum atomic E-state index is -0.273. The Balaban J connectivity index is 2.90. The first-order chi connectivity index (χ1) is 8.25. The minimum Gasteiger partial charge on any atom is -0.496 e. The number of ether oxygens (including phenoxy) is 1. The van der Waals surface area contributed by atoms with Crippen molar-refractivity contribution in [3.05, 3.63) is 29.6 Å². The van der Waals surface area contributed by atoms with Crippen molar-refractivity contribution in [2.24, 2.45) is 17.1 Å². The monoisotopic (exact) mass is 253 g/mol. The predicted octanol–water partition coefficient (Wildman–Crippen LogP) is 3.91. The highest BCUT2D eigenvalue weighted by atomic mass is 19.1. The second-order valence-electron chi connectivity index (χ2n) is 6.00. The first kappa shape index (κ1) is 15.0. The summed E-state index contributed by atoms with van der Waals surface area (Å²) in [5.41, 5.74) is 7.13. The molecule has 102 valence electrons. The SMILES string of the molecule is COc1ccc(F)cc1C(N)CC(C)C(C)(C)C. The molecule has 0 amide bonds. The van der Waals surface area contributed by atoms with Gasteiger partial charge in [0.2, 0.25) is 0 Å². The molecule has 1 aromatic rings. The number of halogens is 1. The van der Waals surface area contributed by atoms with E-state index in [9.17, 15) is 4.39 Å². The summed E-state index contributed by atoms with van der Waals surface area (Å²) in [4.78, 5) is 0. The van der Waals surface area contributed by atoms with Crippen molar-refractivity contribution in [1.29, 1.82) is 0 Å². The molecule has 2 atom stereocenters. The Bertz CT molecular complexity index is 398. The van der Waals surface area contributed by atoms with E-state index in [1.807, 2.05) is 0 Å². The maximum Gasteiger partial charge on any atom is 0.123 e. The smallest absolute Gasteiger partial charge is 0.123 e. The molecule has 3 heteroatoms. The second-order valence-corrected chi connectivity index (χ2v) is 6.00. The summed E-state index contributed by atoms with van der Waals surface area (Å²) in [6.07, 6.45) is 0.809. The molecule has 0 heterocycles. The molecule has 1 rings (SSSR count). The van der Waals surface area contributed by atoms with Crippen molar-refractivity contribution in [3.63, 3.8) is 0 Å². The lowest BCUT2D eigenvalue weighted by molar-refractivity contribution is 0.232. The minimum absolute atomic E-state index is 0.193. The maximum absolute atomic E-state index is 13.3. The third kappa shape index (κ3) is 3.70. The van der Waals surface area contributed by atoms with Crippen molar-refractivity contribution < 1.29 is 9.13 Å². The number of benzene rings is 1. The fraction of sp³-hybridized carbons (Fsp3) is 0.600. The van der Waals surface area contributed by atoms with Gasteiger partial charge in [-0.05, 0) is 36.0 Å². The van der Waals surface area contributed by atoms with E-state index in [0.717, 1.165) is 12.0 Å². The molecule has 2 unspecified atom stereocenters. The lowest BCUT2D eigenvalue weighted by Gasteiger charge is -2.30. The van der Waals surface area contributed by atoms with Crippen LogP contribution < -0.4 is 10.5 Å². The van der Waals surface area contributed by atoms with Crippen LogP contribution in [0.3, 0.4) is 0 Å². The van der Waals surface area contributed by atoms with Crippen molar-refractivity contribution in [1.82, 2.24) is 0 Å². The molecule has 18 heavy (non-hydrogen) atoms. The van der Waals surface area contributed by atoms with Crippen LogP contribution in [0, 0.1) is 17.2 Å². The Morgan fingerprint density at radius 3 is 2.44 bits per heavy atom. The Labute approximate surface area is 109 Å². The first-order valence-electron chi connectivity index (χ1n) is 6.34. The Hall–Kier alpha value is -1.09. The molecule has 2 N–H and O–H groups in total. The second kappa shape index (κ2) is 5.70. The van der Waals surface area contributed by atoms with Crippen molar-refractivity contribution in [2.75, 3.05) is 7.11 Å². The summed E-state index contributed by atoms with van der Waals surface area (Å²) >= 11 is 0. The average Bonchev–Trinajstić information content (AvgIpc) is 2.27. The molecule has 0 aromatic heterocycles. The van der Waals surface area contributed by atoms with Crippen LogP contribution in [0.4, 0.5) is 4.39 Å². The van der Waals surface area contributed by atoms with Gasteiger partial charge < -0.3 is 10.5 Å². The summed E-state index contributed by atoms with van der Waals surface area (Å²) < 4.78 is 18.5. The topological polar surface area (TPSA) is 35.2 Å². The van der Waals surface area contributed by atoms with Crippen LogP contribution in [-0.4, -0.2) is 7.11 Å². The molecule has 2 nitrogen and oxygen atoms in total. The van der Waals surface area contributed by atoms with Gasteiger partial charge in [0, 0.05) is 11.6 Å². The van der Waals surface area contributed by atoms with Gasteiger partial charge >= 0.3 is 0 Å². The van der Waals surface area contributed by atoms with Crippen LogP contribution >= 0.6 is 0 Å². The molecule has 0 spiro atoms. The number of rotatable bonds is 4. The summed E-state index contributed by atoms with van der Waals surface area (Å²) in [5, 5.41) is 0. The third-order valence-electron chi connectivity index (χ3n) is 3.68. The van der Waals surface area contributed by atoms with E-state index in [1.165, 1.54) is 12.1 Å². The number of hydrogen-bond donors (Lipinski definition) is 1. The molecule has 0 aliphatic rings. The van der Waals surface area contributed by atoms with Crippen LogP contribution in [0.15, 0.2) is 18.2 Å². The van der Waals surface area contributed by atoms with Gasteiger partial charge in [0.1, 0.15) is 11.6 Å². The summed E-state index contributed by atoms with van der Waals surface area (Å²) in [7, 11) is 1.58. The first-order valence-corrected chi connectivity index (χ1v) is 6.34. The molecule has 1 aromatic carbocycles. The highest BCUT2D eigenvalue weighted by Crippen LogP contribution is 2.35. The quantitative estimate of drug-likeness (QED) is 0.883. The zero-order valence-corrected chi connectivity index (χ0v) is 12.0. The van der Waals surface area contributed by atoms with Gasteiger partial charge in [-0.15, -0.1) is 0 Å². The van der Waals surface area contributed by atoms with Crippen molar-refractivity contribution in [2.45, 2.75) is 40.2 Å². The van der Waals surface area contributed by atoms with Gasteiger partial charge in [0.25, 0.3) is 0 Å². The molecule has 0 radical (unpaired) electrons. The van der Waals surface area contributed by atoms with Crippen LogP contribution in [-0.2, 0) is 0 Å². The average molecular weight is 253 g/mol. The van der Waals surface area contributed by atoms with Gasteiger partial charge in [-0.25, -0.2) is 4.39 Å². The van der Waals surface area contributed by atoms with Crippen LogP contribution in [0.1, 0.15) is 45.7 Å². The molecule has 0 saturated heterocycles. The van der Waals surface area contributed by atoms with E-state index in [2.05, 4.69) is 27.7 Å². The zero-order chi connectivity index (χ0) is 13.9. The van der Waals surface area contributed by atoms with Crippen LogP contribution in [0.25, 0.3) is 0 Å². The molecule has 0 fully saturated rings. The molecule has 0 aliphatic heterocycles. The van der Waals surface area contributed by atoms with Crippen molar-refractivity contribution >= 4 is 0 Å². The number of hydrogen-bond acceptors (Lipinski definition) is 2. The standard InChI is InChI=1S/C15H24FNO/c1-10(15(2,3)4)8-13(17)12-9-11(16)6-7-14(12)18-5/h6-7,9-10,13H,8,17H2,1-5H3. The predicted molar refractivity (Wildman–Crippen MR) is 73.1 cm³/mol. The zero-order valence-electron chi connectivity index (χ0n) is 12.0. The van der Waals surface area contributed by atoms with E-state index in [1.54, 1.807) is 13.2 Å². The Kier molecular flexibility index (Phi) is 4.74. The van der Waals surface area contributed by atoms with Gasteiger partial charge in [-0.1, -0.05) is 27.7 Å². The number of methoxy groups -OCH3 is 1. The summed E-state index contributed by atoms with van der Waals surface area (Å²) in [6, 6.07) is 4.29. The lowest BCUT2D eigenvalue weighted by atomic mass is 9.77. The van der Waals surface area contributed by atoms with Gasteiger partial charge in [-0.2, -0.15) is 0 Å². The summed E-state index contributed by atoms with van der Waals surface area (Å²) in [6.45, 7) is 8.74. The van der Waals surface area contributed by atoms with E-state index >= 15 is 0 Å². The highest BCUT2D eigenvalue weighted by molar-refractivity contribution is 5.36. The summed E-state index contributed by atoms with van der Waals surface area (Å²) in [5.74, 6) is 0.829. The fourth-order valence-corrected chi connectivity index (χ4v) is 1.86.